The Morgan fingerprint density at radius 2 is 2.09 bits per heavy atom. The van der Waals surface area contributed by atoms with Crippen LogP contribution in [0.5, 0.6) is 5.75 Å². The maximum atomic E-state index is 13.4. The van der Waals surface area contributed by atoms with Crippen molar-refractivity contribution in [2.45, 2.75) is 43.4 Å². The van der Waals surface area contributed by atoms with Gasteiger partial charge in [0.15, 0.2) is 5.65 Å². The fourth-order valence-corrected chi connectivity index (χ4v) is 5.74. The number of piperidine rings is 1. The number of fused-ring (bicyclic) bond motifs is 1. The fraction of sp³-hybridized carbons (Fsp3) is 0.414. The number of likely N-dealkylation sites (tertiary alicyclic amines) is 1. The molecule has 0 bridgehead atoms. The number of nitrogens with zero attached hydrogens (tertiary/aromatic N) is 7. The zero-order chi connectivity index (χ0) is 31.4. The Hall–Kier alpha value is -4.26. The topological polar surface area (TPSA) is 131 Å². The lowest BCUT2D eigenvalue weighted by atomic mass is 10.0. The van der Waals surface area contributed by atoms with Gasteiger partial charge < -0.3 is 24.9 Å². The molecule has 1 fully saturated rings. The van der Waals surface area contributed by atoms with Crippen LogP contribution in [-0.4, -0.2) is 87.1 Å². The van der Waals surface area contributed by atoms with E-state index in [2.05, 4.69) is 44.4 Å². The van der Waals surface area contributed by atoms with E-state index < -0.39 is 18.6 Å². The van der Waals surface area contributed by atoms with Crippen molar-refractivity contribution in [3.05, 3.63) is 65.9 Å². The number of nitrogens with one attached hydrogen (secondary N) is 2. The highest BCUT2D eigenvalue weighted by molar-refractivity contribution is 7.80. The Morgan fingerprint density at radius 1 is 1.32 bits per heavy atom. The molecule has 5 rings (SSSR count). The third-order valence-electron chi connectivity index (χ3n) is 7.73. The Morgan fingerprint density at radius 3 is 2.82 bits per heavy atom. The average molecular weight is 626 g/mol. The summed E-state index contributed by atoms with van der Waals surface area (Å²) in [5.41, 5.74) is 4.32. The summed E-state index contributed by atoms with van der Waals surface area (Å²) in [5.74, 6) is -0.821. The van der Waals surface area contributed by atoms with E-state index in [4.69, 9.17) is 10.00 Å². The van der Waals surface area contributed by atoms with Crippen LogP contribution in [0.15, 0.2) is 59.6 Å². The second-order valence-electron chi connectivity index (χ2n) is 10.9. The lowest BCUT2D eigenvalue weighted by molar-refractivity contribution is -0.133. The maximum absolute atomic E-state index is 13.4. The number of thiol groups is 1. The number of aromatic nitrogens is 3. The number of halogens is 2. The molecule has 44 heavy (non-hydrogen) atoms. The van der Waals surface area contributed by atoms with Gasteiger partial charge in [0, 0.05) is 54.7 Å². The van der Waals surface area contributed by atoms with E-state index in [1.54, 1.807) is 35.6 Å². The number of rotatable bonds is 10. The number of alkyl halides is 2. The number of ether oxygens (including phenoxy) is 1. The van der Waals surface area contributed by atoms with E-state index in [0.717, 1.165) is 12.8 Å². The van der Waals surface area contributed by atoms with Crippen molar-refractivity contribution in [1.82, 2.24) is 40.1 Å². The number of carbonyl (C=O) groups is 2. The third kappa shape index (κ3) is 7.09. The highest BCUT2D eigenvalue weighted by atomic mass is 32.1. The molecular formula is C29H33F2N9O3S. The van der Waals surface area contributed by atoms with Crippen LogP contribution >= 0.6 is 12.6 Å². The lowest BCUT2D eigenvalue weighted by Crippen LogP contribution is -2.49. The summed E-state index contributed by atoms with van der Waals surface area (Å²) < 4.78 is 32.8. The van der Waals surface area contributed by atoms with Crippen molar-refractivity contribution in [1.29, 1.82) is 5.26 Å². The van der Waals surface area contributed by atoms with Gasteiger partial charge in [-0.15, -0.1) is 12.6 Å². The molecule has 0 radical (unpaired) electrons. The van der Waals surface area contributed by atoms with E-state index >= 15 is 0 Å². The number of hydrogen-bond donors (Lipinski definition) is 3. The summed E-state index contributed by atoms with van der Waals surface area (Å²) >= 11 is 4.38. The van der Waals surface area contributed by atoms with E-state index in [1.165, 1.54) is 27.9 Å². The molecule has 2 amide bonds. The Labute approximate surface area is 258 Å². The first-order chi connectivity index (χ1) is 21.1. The zero-order valence-corrected chi connectivity index (χ0v) is 25.1. The molecule has 2 aliphatic heterocycles. The third-order valence-corrected chi connectivity index (χ3v) is 8.01. The molecule has 1 saturated heterocycles. The monoisotopic (exact) mass is 625 g/mol. The molecule has 0 aliphatic carbocycles. The average Bonchev–Trinajstić information content (AvgIpc) is 3.61. The minimum atomic E-state index is -3.07. The SMILES string of the molecule is CC(C#N)CN(C)C1CCN(C(=O)CN2C=C(NC(=O)c3cnn4cccnc34)C(c3cc(S)ccc3OC(F)F)N2)CC1. The largest absolute Gasteiger partial charge is 0.434 e. The van der Waals surface area contributed by atoms with Gasteiger partial charge in [-0.25, -0.2) is 14.9 Å². The van der Waals surface area contributed by atoms with Crippen molar-refractivity contribution in [2.75, 3.05) is 33.2 Å². The minimum absolute atomic E-state index is 0.0638. The number of carbonyl (C=O) groups excluding carboxylic acids is 2. The predicted molar refractivity (Wildman–Crippen MR) is 158 cm³/mol. The van der Waals surface area contributed by atoms with Crippen LogP contribution in [0.4, 0.5) is 8.78 Å². The molecule has 0 spiro atoms. The first-order valence-electron chi connectivity index (χ1n) is 14.1. The van der Waals surface area contributed by atoms with Crippen molar-refractivity contribution in [2.24, 2.45) is 5.92 Å². The smallest absolute Gasteiger partial charge is 0.387 e. The Balaban J connectivity index is 1.33. The molecule has 2 N–H and O–H groups in total. The van der Waals surface area contributed by atoms with Crippen LogP contribution < -0.4 is 15.5 Å². The summed E-state index contributed by atoms with van der Waals surface area (Å²) in [5, 5.41) is 17.7. The van der Waals surface area contributed by atoms with Crippen LogP contribution in [0.25, 0.3) is 5.65 Å². The molecule has 12 nitrogen and oxygen atoms in total. The van der Waals surface area contributed by atoms with Crippen molar-refractivity contribution < 1.29 is 23.1 Å². The predicted octanol–water partition coefficient (Wildman–Crippen LogP) is 2.83. The number of hydrazine groups is 1. The molecule has 4 heterocycles. The first-order valence-corrected chi connectivity index (χ1v) is 14.6. The standard InChI is InChI=1S/C29H33F2N9O3S/c1-18(13-32)15-37(2)19-6-10-38(11-7-19)25(41)17-39-16-23(35-28(42)22-14-34-40-9-3-8-33-27(22)40)26(36-39)21-12-20(44)4-5-24(21)43-29(30)31/h3-5,8-9,12,14,16,18-19,26,29,36,44H,6-7,10-11,15,17H2,1-2H3,(H,35,42). The minimum Gasteiger partial charge on any atom is -0.434 e. The van der Waals surface area contributed by atoms with Gasteiger partial charge in [0.25, 0.3) is 5.91 Å². The maximum Gasteiger partial charge on any atom is 0.387 e. The van der Waals surface area contributed by atoms with Gasteiger partial charge >= 0.3 is 6.61 Å². The molecule has 232 valence electrons. The Bertz CT molecular complexity index is 1590. The Kier molecular flexibility index (Phi) is 9.62. The number of nitriles is 1. The van der Waals surface area contributed by atoms with Crippen LogP contribution in [0.2, 0.25) is 0 Å². The first kappa shape index (κ1) is 31.2. The van der Waals surface area contributed by atoms with Crippen LogP contribution in [0.1, 0.15) is 41.7 Å². The number of hydrogen-bond acceptors (Lipinski definition) is 10. The van der Waals surface area contributed by atoms with Crippen LogP contribution in [0.3, 0.4) is 0 Å². The molecular weight excluding hydrogens is 592 g/mol. The van der Waals surface area contributed by atoms with Gasteiger partial charge in [-0.3, -0.25) is 9.59 Å². The van der Waals surface area contributed by atoms with Crippen LogP contribution in [-0.2, 0) is 4.79 Å². The molecule has 2 atom stereocenters. The molecule has 1 aromatic carbocycles. The van der Waals surface area contributed by atoms with Gasteiger partial charge in [0.1, 0.15) is 17.9 Å². The zero-order valence-electron chi connectivity index (χ0n) is 24.2. The molecule has 0 saturated carbocycles. The van der Waals surface area contributed by atoms with Crippen molar-refractivity contribution in [3.63, 3.8) is 0 Å². The van der Waals surface area contributed by atoms with Gasteiger partial charge in [0.2, 0.25) is 5.91 Å². The van der Waals surface area contributed by atoms with Crippen molar-refractivity contribution in [3.8, 4) is 11.8 Å². The van der Waals surface area contributed by atoms with E-state index in [1.807, 2.05) is 14.0 Å². The van der Waals surface area contributed by atoms with E-state index in [0.29, 0.717) is 41.4 Å². The van der Waals surface area contributed by atoms with E-state index in [9.17, 15) is 18.4 Å². The van der Waals surface area contributed by atoms with Crippen LogP contribution in [0, 0.1) is 17.2 Å². The highest BCUT2D eigenvalue weighted by Gasteiger charge is 2.33. The second-order valence-corrected chi connectivity index (χ2v) is 11.4. The van der Waals surface area contributed by atoms with Gasteiger partial charge in [-0.05, 0) is 51.1 Å². The summed E-state index contributed by atoms with van der Waals surface area (Å²) in [6.45, 7) is 0.551. The summed E-state index contributed by atoms with van der Waals surface area (Å²) in [6, 6.07) is 7.84. The van der Waals surface area contributed by atoms with Gasteiger partial charge in [0.05, 0.1) is 29.9 Å². The van der Waals surface area contributed by atoms with Gasteiger partial charge in [-0.1, -0.05) is 0 Å². The summed E-state index contributed by atoms with van der Waals surface area (Å²) in [6.07, 6.45) is 7.72. The van der Waals surface area contributed by atoms with Gasteiger partial charge in [-0.2, -0.15) is 19.1 Å². The number of amides is 2. The molecule has 2 aliphatic rings. The summed E-state index contributed by atoms with van der Waals surface area (Å²) in [7, 11) is 2.00. The quantitative estimate of drug-likeness (QED) is 0.291. The second kappa shape index (κ2) is 13.6. The molecule has 2 aromatic heterocycles. The molecule has 2 unspecified atom stereocenters. The lowest BCUT2D eigenvalue weighted by Gasteiger charge is -2.37. The summed E-state index contributed by atoms with van der Waals surface area (Å²) in [4.78, 5) is 35.4. The highest BCUT2D eigenvalue weighted by Crippen LogP contribution is 2.35. The van der Waals surface area contributed by atoms with Crippen molar-refractivity contribution >= 4 is 30.1 Å². The number of benzene rings is 1. The van der Waals surface area contributed by atoms with E-state index in [-0.39, 0.29) is 35.7 Å². The normalized spacial score (nSPS) is 18.0. The molecule has 15 heteroatoms. The molecule has 3 aromatic rings. The fourth-order valence-electron chi connectivity index (χ4n) is 5.52.